The van der Waals surface area contributed by atoms with Gasteiger partial charge in [-0.05, 0) is 70.8 Å². The number of benzene rings is 10. The molecule has 0 N–H and O–H groups in total. The fourth-order valence-electron chi connectivity index (χ4n) is 9.83. The van der Waals surface area contributed by atoms with E-state index in [0.717, 1.165) is 55.1 Å². The molecule has 0 bridgehead atoms. The van der Waals surface area contributed by atoms with Crippen molar-refractivity contribution in [3.05, 3.63) is 194 Å². The Balaban J connectivity index is 0.996. The van der Waals surface area contributed by atoms with Gasteiger partial charge in [-0.25, -0.2) is 15.0 Å². The molecule has 14 aromatic rings. The van der Waals surface area contributed by atoms with Crippen LogP contribution in [0.15, 0.2) is 199 Å². The normalized spacial score (nSPS) is 12.1. The third kappa shape index (κ3) is 5.19. The number of furan rings is 1. The van der Waals surface area contributed by atoms with Crippen molar-refractivity contribution in [2.24, 2.45) is 0 Å². The average molecular weight is 821 g/mol. The van der Waals surface area contributed by atoms with E-state index in [1.165, 1.54) is 63.5 Å². The van der Waals surface area contributed by atoms with Gasteiger partial charge in [-0.1, -0.05) is 140 Å². The van der Waals surface area contributed by atoms with Crippen LogP contribution in [0.5, 0.6) is 0 Å². The molecule has 10 aromatic carbocycles. The molecular weight excluding hydrogens is 789 g/mol. The van der Waals surface area contributed by atoms with Crippen LogP contribution < -0.4 is 0 Å². The van der Waals surface area contributed by atoms with Gasteiger partial charge in [0.25, 0.3) is 0 Å². The summed E-state index contributed by atoms with van der Waals surface area (Å²) in [7, 11) is 0. The van der Waals surface area contributed by atoms with E-state index in [-0.39, 0.29) is 0 Å². The maximum absolute atomic E-state index is 6.93. The monoisotopic (exact) mass is 820 g/mol. The summed E-state index contributed by atoms with van der Waals surface area (Å²) in [6.07, 6.45) is 0. The molecule has 0 aliphatic rings. The summed E-state index contributed by atoms with van der Waals surface area (Å²) < 4.78 is 11.9. The Labute approximate surface area is 363 Å². The molecule has 0 unspecified atom stereocenters. The lowest BCUT2D eigenvalue weighted by atomic mass is 10.0. The molecule has 0 aliphatic heterocycles. The lowest BCUT2D eigenvalue weighted by molar-refractivity contribution is 0.672. The van der Waals surface area contributed by atoms with Crippen molar-refractivity contribution in [2.45, 2.75) is 0 Å². The number of hydrogen-bond donors (Lipinski definition) is 0. The predicted molar refractivity (Wildman–Crippen MR) is 263 cm³/mol. The molecule has 14 rings (SSSR count). The van der Waals surface area contributed by atoms with Crippen molar-refractivity contribution in [2.75, 3.05) is 0 Å². The van der Waals surface area contributed by atoms with Crippen LogP contribution in [0.3, 0.4) is 0 Å². The molecule has 0 saturated heterocycles. The van der Waals surface area contributed by atoms with Crippen molar-refractivity contribution in [3.8, 4) is 39.9 Å². The van der Waals surface area contributed by atoms with Gasteiger partial charge >= 0.3 is 0 Å². The molecule has 0 spiro atoms. The van der Waals surface area contributed by atoms with E-state index < -0.39 is 0 Å². The highest BCUT2D eigenvalue weighted by molar-refractivity contribution is 7.25. The van der Waals surface area contributed by atoms with Gasteiger partial charge in [0.05, 0.1) is 16.7 Å². The summed E-state index contributed by atoms with van der Waals surface area (Å²) >= 11 is 1.81. The minimum absolute atomic E-state index is 0.589. The maximum Gasteiger partial charge on any atom is 0.164 e. The quantitative estimate of drug-likeness (QED) is 0.177. The van der Waals surface area contributed by atoms with Crippen LogP contribution in [0.2, 0.25) is 0 Å². The lowest BCUT2D eigenvalue weighted by Crippen LogP contribution is -2.00. The Kier molecular flexibility index (Phi) is 7.21. The first-order valence-corrected chi connectivity index (χ1v) is 22.0. The van der Waals surface area contributed by atoms with Gasteiger partial charge in [0.15, 0.2) is 17.5 Å². The smallest absolute Gasteiger partial charge is 0.164 e. The van der Waals surface area contributed by atoms with Crippen molar-refractivity contribution < 1.29 is 4.42 Å². The molecular formula is C57H32N4OS. The number of hydrogen-bond acceptors (Lipinski definition) is 5. The standard InChI is InChI=1S/C57H32N4OS/c1-2-13-34(14-3-1)55-58-56(37-24-27-52-46(29-37)42-19-10-11-21-51(42)63-52)60-57(59-55)38-23-25-41-47-32-49(40-18-8-9-20-44(40)54(47)62-50(41)31-38)61-48-30-36-16-5-4-15-35(36)28-45(48)43-26-22-33-12-6-7-17-39(33)53(43)61/h1-32H. The second-order valence-corrected chi connectivity index (χ2v) is 17.4. The summed E-state index contributed by atoms with van der Waals surface area (Å²) in [6, 6.07) is 69.2. The van der Waals surface area contributed by atoms with E-state index in [1.807, 2.05) is 30.3 Å². The van der Waals surface area contributed by atoms with Crippen LogP contribution in [0.1, 0.15) is 0 Å². The third-order valence-corrected chi connectivity index (χ3v) is 13.9. The zero-order valence-corrected chi connectivity index (χ0v) is 34.4. The van der Waals surface area contributed by atoms with Crippen LogP contribution >= 0.6 is 11.3 Å². The van der Waals surface area contributed by atoms with Crippen molar-refractivity contribution in [1.29, 1.82) is 0 Å². The molecule has 4 heterocycles. The first-order valence-electron chi connectivity index (χ1n) is 21.2. The van der Waals surface area contributed by atoms with Gasteiger partial charge in [-0.3, -0.25) is 0 Å². The van der Waals surface area contributed by atoms with E-state index >= 15 is 0 Å². The van der Waals surface area contributed by atoms with E-state index in [0.29, 0.717) is 17.5 Å². The zero-order valence-electron chi connectivity index (χ0n) is 33.6. The topological polar surface area (TPSA) is 56.7 Å². The number of thiophene rings is 1. The largest absolute Gasteiger partial charge is 0.455 e. The molecule has 6 heteroatoms. The summed E-state index contributed by atoms with van der Waals surface area (Å²) in [4.78, 5) is 15.3. The lowest BCUT2D eigenvalue weighted by Gasteiger charge is -2.14. The summed E-state index contributed by atoms with van der Waals surface area (Å²) in [5.74, 6) is 1.84. The van der Waals surface area contributed by atoms with Gasteiger partial charge in [0.2, 0.25) is 0 Å². The maximum atomic E-state index is 6.93. The Morgan fingerprint density at radius 3 is 1.81 bits per heavy atom. The van der Waals surface area contributed by atoms with Crippen molar-refractivity contribution in [3.63, 3.8) is 0 Å². The fraction of sp³-hybridized carbons (Fsp3) is 0. The Hall–Kier alpha value is -8.19. The summed E-state index contributed by atoms with van der Waals surface area (Å²) in [5.41, 5.74) is 7.85. The first-order chi connectivity index (χ1) is 31.2. The van der Waals surface area contributed by atoms with E-state index in [2.05, 4.69) is 168 Å². The minimum atomic E-state index is 0.589. The molecule has 0 atom stereocenters. The van der Waals surface area contributed by atoms with Crippen LogP contribution in [-0.2, 0) is 0 Å². The van der Waals surface area contributed by atoms with Gasteiger partial charge < -0.3 is 8.98 Å². The van der Waals surface area contributed by atoms with Crippen LogP contribution in [-0.4, -0.2) is 19.5 Å². The molecule has 0 amide bonds. The molecule has 63 heavy (non-hydrogen) atoms. The highest BCUT2D eigenvalue weighted by Gasteiger charge is 2.22. The SMILES string of the molecule is c1ccc(-c2nc(-c3ccc4c(c3)oc3c5ccccc5c(-n5c6cc7ccccc7cc6c6ccc7ccccc7c65)cc43)nc(-c3ccc4sc5ccccc5c4c3)n2)cc1. The fourth-order valence-corrected chi connectivity index (χ4v) is 10.9. The summed E-state index contributed by atoms with van der Waals surface area (Å²) in [5, 5.41) is 14.0. The molecule has 0 fully saturated rings. The van der Waals surface area contributed by atoms with Crippen LogP contribution in [0, 0.1) is 0 Å². The average Bonchev–Trinajstić information content (AvgIpc) is 4.02. The van der Waals surface area contributed by atoms with E-state index in [1.54, 1.807) is 11.3 Å². The Bertz CT molecular complexity index is 4220. The second kappa shape index (κ2) is 13.2. The van der Waals surface area contributed by atoms with Gasteiger partial charge in [0.1, 0.15) is 11.2 Å². The molecule has 5 nitrogen and oxygen atoms in total. The van der Waals surface area contributed by atoms with Crippen molar-refractivity contribution in [1.82, 2.24) is 19.5 Å². The van der Waals surface area contributed by atoms with Crippen molar-refractivity contribution >= 4 is 108 Å². The predicted octanol–water partition coefficient (Wildman–Crippen LogP) is 15.7. The minimum Gasteiger partial charge on any atom is -0.455 e. The second-order valence-electron chi connectivity index (χ2n) is 16.3. The Morgan fingerprint density at radius 1 is 0.365 bits per heavy atom. The van der Waals surface area contributed by atoms with Crippen LogP contribution in [0.25, 0.3) is 136 Å². The van der Waals surface area contributed by atoms with E-state index in [4.69, 9.17) is 19.4 Å². The number of nitrogens with zero attached hydrogens (tertiary/aromatic N) is 4. The van der Waals surface area contributed by atoms with Gasteiger partial charge in [0, 0.05) is 74.6 Å². The molecule has 4 aromatic heterocycles. The molecule has 0 saturated carbocycles. The third-order valence-electron chi connectivity index (χ3n) is 12.8. The zero-order chi connectivity index (χ0) is 41.2. The Morgan fingerprint density at radius 2 is 0.984 bits per heavy atom. The number of fused-ring (bicyclic) bond motifs is 14. The highest BCUT2D eigenvalue weighted by Crippen LogP contribution is 2.44. The van der Waals surface area contributed by atoms with E-state index in [9.17, 15) is 0 Å². The van der Waals surface area contributed by atoms with Gasteiger partial charge in [-0.2, -0.15) is 0 Å². The molecule has 292 valence electrons. The number of rotatable bonds is 4. The summed E-state index contributed by atoms with van der Waals surface area (Å²) in [6.45, 7) is 0. The first kappa shape index (κ1) is 34.5. The molecule has 0 radical (unpaired) electrons. The van der Waals surface area contributed by atoms with Gasteiger partial charge in [-0.15, -0.1) is 11.3 Å². The molecule has 0 aliphatic carbocycles. The number of aromatic nitrogens is 4. The highest BCUT2D eigenvalue weighted by atomic mass is 32.1. The van der Waals surface area contributed by atoms with Crippen LogP contribution in [0.4, 0.5) is 0 Å².